The van der Waals surface area contributed by atoms with Crippen molar-refractivity contribution >= 4 is 10.1 Å². The van der Waals surface area contributed by atoms with Gasteiger partial charge in [0.25, 0.3) is 0 Å². The van der Waals surface area contributed by atoms with Crippen molar-refractivity contribution in [3.05, 3.63) is 66.0 Å². The minimum Gasteiger partial charge on any atom is -0.382 e. The van der Waals surface area contributed by atoms with E-state index >= 15 is 0 Å². The Morgan fingerprint density at radius 3 is 2.39 bits per heavy atom. The molecule has 2 rings (SSSR count). The summed E-state index contributed by atoms with van der Waals surface area (Å²) < 4.78 is 41.2. The van der Waals surface area contributed by atoms with Crippen molar-refractivity contribution in [2.24, 2.45) is 0 Å². The first-order chi connectivity index (χ1) is 8.55. The molecule has 0 spiro atoms. The maximum absolute atomic E-state index is 12.9. The molecule has 0 N–H and O–H groups in total. The average molecular weight is 266 g/mol. The van der Waals surface area contributed by atoms with Crippen molar-refractivity contribution in [1.82, 2.24) is 0 Å². The van der Waals surface area contributed by atoms with Gasteiger partial charge in [0.05, 0.1) is 0 Å². The molecule has 0 radical (unpaired) electrons. The summed E-state index contributed by atoms with van der Waals surface area (Å²) in [5, 5.41) is 0. The lowest BCUT2D eigenvalue weighted by Gasteiger charge is -2.06. The molecule has 94 valence electrons. The van der Waals surface area contributed by atoms with Crippen molar-refractivity contribution in [3.8, 4) is 5.75 Å². The molecule has 0 aliphatic heterocycles. The van der Waals surface area contributed by atoms with E-state index in [1.54, 1.807) is 30.3 Å². The molecular weight excluding hydrogens is 255 g/mol. The lowest BCUT2D eigenvalue weighted by molar-refractivity contribution is 0.482. The van der Waals surface area contributed by atoms with Gasteiger partial charge in [0.15, 0.2) is 0 Å². The van der Waals surface area contributed by atoms with Crippen LogP contribution in [0.25, 0.3) is 0 Å². The molecule has 0 saturated heterocycles. The zero-order chi connectivity index (χ0) is 13.0. The molecule has 0 unspecified atom stereocenters. The van der Waals surface area contributed by atoms with E-state index in [0.717, 1.165) is 6.07 Å². The van der Waals surface area contributed by atoms with Crippen LogP contribution in [0.4, 0.5) is 4.39 Å². The molecule has 0 saturated carbocycles. The Morgan fingerprint density at radius 1 is 1.00 bits per heavy atom. The van der Waals surface area contributed by atoms with E-state index in [1.165, 1.54) is 18.2 Å². The van der Waals surface area contributed by atoms with Crippen LogP contribution in [0.15, 0.2) is 54.6 Å². The summed E-state index contributed by atoms with van der Waals surface area (Å²) in [6, 6.07) is 13.7. The van der Waals surface area contributed by atoms with Gasteiger partial charge in [0.1, 0.15) is 17.3 Å². The third kappa shape index (κ3) is 3.56. The summed E-state index contributed by atoms with van der Waals surface area (Å²) in [6.07, 6.45) is 0. The summed E-state index contributed by atoms with van der Waals surface area (Å²) >= 11 is 0. The molecule has 2 aromatic carbocycles. The average Bonchev–Trinajstić information content (AvgIpc) is 2.28. The van der Waals surface area contributed by atoms with E-state index in [9.17, 15) is 12.8 Å². The highest BCUT2D eigenvalue weighted by Gasteiger charge is 2.14. The molecular formula is C13H11FO3S. The fourth-order valence-electron chi connectivity index (χ4n) is 1.47. The topological polar surface area (TPSA) is 43.4 Å². The van der Waals surface area contributed by atoms with Gasteiger partial charge in [-0.25, -0.2) is 4.39 Å². The van der Waals surface area contributed by atoms with Gasteiger partial charge in [-0.3, -0.25) is 0 Å². The molecule has 5 heteroatoms. The van der Waals surface area contributed by atoms with Crippen LogP contribution in [0.1, 0.15) is 5.56 Å². The molecule has 3 nitrogen and oxygen atoms in total. The van der Waals surface area contributed by atoms with Crippen molar-refractivity contribution in [2.75, 3.05) is 0 Å². The standard InChI is InChI=1S/C13H11FO3S/c14-12-7-4-8-13(9-12)17-18(15,16)10-11-5-2-1-3-6-11/h1-9H,10H2. The first-order valence-electron chi connectivity index (χ1n) is 5.27. The van der Waals surface area contributed by atoms with Crippen LogP contribution >= 0.6 is 0 Å². The summed E-state index contributed by atoms with van der Waals surface area (Å²) in [6.45, 7) is 0. The van der Waals surface area contributed by atoms with Crippen molar-refractivity contribution < 1.29 is 17.0 Å². The second-order valence-corrected chi connectivity index (χ2v) is 5.30. The Bertz CT molecular complexity index is 624. The number of hydrogen-bond acceptors (Lipinski definition) is 3. The van der Waals surface area contributed by atoms with Crippen LogP contribution in [-0.4, -0.2) is 8.42 Å². The van der Waals surface area contributed by atoms with Crippen LogP contribution in [0.2, 0.25) is 0 Å². The Morgan fingerprint density at radius 2 is 1.72 bits per heavy atom. The van der Waals surface area contributed by atoms with Crippen LogP contribution in [0.3, 0.4) is 0 Å². The van der Waals surface area contributed by atoms with E-state index < -0.39 is 15.9 Å². The lowest BCUT2D eigenvalue weighted by Crippen LogP contribution is -2.12. The van der Waals surface area contributed by atoms with E-state index in [4.69, 9.17) is 4.18 Å². The van der Waals surface area contributed by atoms with Gasteiger partial charge < -0.3 is 4.18 Å². The fourth-order valence-corrected chi connectivity index (χ4v) is 2.53. The highest BCUT2D eigenvalue weighted by Crippen LogP contribution is 2.16. The van der Waals surface area contributed by atoms with Gasteiger partial charge in [-0.2, -0.15) is 8.42 Å². The van der Waals surface area contributed by atoms with Gasteiger partial charge in [0, 0.05) is 6.07 Å². The van der Waals surface area contributed by atoms with Crippen molar-refractivity contribution in [3.63, 3.8) is 0 Å². The predicted molar refractivity (Wildman–Crippen MR) is 66.1 cm³/mol. The number of benzene rings is 2. The van der Waals surface area contributed by atoms with Gasteiger partial charge in [0.2, 0.25) is 0 Å². The number of hydrogen-bond donors (Lipinski definition) is 0. The molecule has 0 bridgehead atoms. The van der Waals surface area contributed by atoms with Crippen LogP contribution < -0.4 is 4.18 Å². The van der Waals surface area contributed by atoms with Gasteiger partial charge in [-0.05, 0) is 17.7 Å². The monoisotopic (exact) mass is 266 g/mol. The van der Waals surface area contributed by atoms with Crippen LogP contribution in [-0.2, 0) is 15.9 Å². The second kappa shape index (κ2) is 5.18. The minimum absolute atomic E-state index is 0.0223. The molecule has 0 atom stereocenters. The maximum atomic E-state index is 12.9. The lowest BCUT2D eigenvalue weighted by atomic mass is 10.2. The number of halogens is 1. The summed E-state index contributed by atoms with van der Waals surface area (Å²) in [5.41, 5.74) is 0.619. The number of rotatable bonds is 4. The summed E-state index contributed by atoms with van der Waals surface area (Å²) in [4.78, 5) is 0. The van der Waals surface area contributed by atoms with Crippen LogP contribution in [0, 0.1) is 5.82 Å². The van der Waals surface area contributed by atoms with Crippen LogP contribution in [0.5, 0.6) is 5.75 Å². The van der Waals surface area contributed by atoms with E-state index in [0.29, 0.717) is 5.56 Å². The molecule has 0 aliphatic rings. The summed E-state index contributed by atoms with van der Waals surface area (Å²) in [5.74, 6) is -0.807. The normalized spacial score (nSPS) is 11.2. The van der Waals surface area contributed by atoms with E-state index in [1.807, 2.05) is 0 Å². The molecule has 0 heterocycles. The molecule has 2 aromatic rings. The molecule has 0 aromatic heterocycles. The Kier molecular flexibility index (Phi) is 3.62. The molecule has 0 aliphatic carbocycles. The van der Waals surface area contributed by atoms with Crippen molar-refractivity contribution in [2.45, 2.75) is 5.75 Å². The SMILES string of the molecule is O=S(=O)(Cc1ccccc1)Oc1cccc(F)c1. The second-order valence-electron chi connectivity index (χ2n) is 3.73. The fraction of sp³-hybridized carbons (Fsp3) is 0.0769. The third-order valence-electron chi connectivity index (χ3n) is 2.21. The third-order valence-corrected chi connectivity index (χ3v) is 3.34. The molecule has 0 amide bonds. The highest BCUT2D eigenvalue weighted by molar-refractivity contribution is 7.86. The predicted octanol–water partition coefficient (Wildman–Crippen LogP) is 2.73. The Hall–Kier alpha value is -1.88. The first-order valence-corrected chi connectivity index (χ1v) is 6.84. The molecule has 0 fully saturated rings. The zero-order valence-corrected chi connectivity index (χ0v) is 10.2. The Labute approximate surface area is 105 Å². The first kappa shape index (κ1) is 12.6. The molecule has 18 heavy (non-hydrogen) atoms. The van der Waals surface area contributed by atoms with E-state index in [-0.39, 0.29) is 11.5 Å². The quantitative estimate of drug-likeness (QED) is 0.799. The zero-order valence-electron chi connectivity index (χ0n) is 9.41. The van der Waals surface area contributed by atoms with E-state index in [2.05, 4.69) is 0 Å². The largest absolute Gasteiger partial charge is 0.382 e. The van der Waals surface area contributed by atoms with Gasteiger partial charge >= 0.3 is 10.1 Å². The Balaban J connectivity index is 2.13. The minimum atomic E-state index is -3.77. The van der Waals surface area contributed by atoms with Gasteiger partial charge in [-0.1, -0.05) is 36.4 Å². The maximum Gasteiger partial charge on any atom is 0.313 e. The smallest absolute Gasteiger partial charge is 0.313 e. The van der Waals surface area contributed by atoms with Crippen molar-refractivity contribution in [1.29, 1.82) is 0 Å². The van der Waals surface area contributed by atoms with Gasteiger partial charge in [-0.15, -0.1) is 0 Å². The highest BCUT2D eigenvalue weighted by atomic mass is 32.2. The summed E-state index contributed by atoms with van der Waals surface area (Å²) in [7, 11) is -3.77.